The first-order valence-corrected chi connectivity index (χ1v) is 6.14. The first-order chi connectivity index (χ1) is 7.63. The Balaban J connectivity index is 1.86. The Labute approximate surface area is 95.6 Å². The minimum Gasteiger partial charge on any atom is -0.480 e. The summed E-state index contributed by atoms with van der Waals surface area (Å²) in [6, 6.07) is 0. The van der Waals surface area contributed by atoms with Crippen LogP contribution in [0.15, 0.2) is 0 Å². The van der Waals surface area contributed by atoms with Gasteiger partial charge in [0.25, 0.3) is 0 Å². The molecule has 4 heteroatoms. The number of rotatable bonds is 6. The van der Waals surface area contributed by atoms with Crippen molar-refractivity contribution >= 4 is 11.9 Å². The molecule has 2 saturated carbocycles. The predicted octanol–water partition coefficient (Wildman–Crippen LogP) is 1.36. The van der Waals surface area contributed by atoms with Gasteiger partial charge in [0.1, 0.15) is 6.54 Å². The molecule has 2 rings (SSSR count). The maximum absolute atomic E-state index is 12.0. The van der Waals surface area contributed by atoms with Gasteiger partial charge in [-0.3, -0.25) is 9.59 Å². The van der Waals surface area contributed by atoms with E-state index in [-0.39, 0.29) is 18.4 Å². The summed E-state index contributed by atoms with van der Waals surface area (Å²) in [4.78, 5) is 24.2. The van der Waals surface area contributed by atoms with E-state index in [4.69, 9.17) is 5.11 Å². The number of hydrogen-bond donors (Lipinski definition) is 1. The first-order valence-electron chi connectivity index (χ1n) is 6.14. The maximum Gasteiger partial charge on any atom is 0.323 e. The van der Waals surface area contributed by atoms with E-state index in [1.807, 2.05) is 6.92 Å². The monoisotopic (exact) mass is 225 g/mol. The van der Waals surface area contributed by atoms with Crippen molar-refractivity contribution in [1.29, 1.82) is 0 Å². The highest BCUT2D eigenvalue weighted by Gasteiger charge is 2.52. The average molecular weight is 225 g/mol. The van der Waals surface area contributed by atoms with Crippen molar-refractivity contribution in [3.8, 4) is 0 Å². The largest absolute Gasteiger partial charge is 0.480 e. The quantitative estimate of drug-likeness (QED) is 0.742. The van der Waals surface area contributed by atoms with Crippen molar-refractivity contribution in [2.45, 2.75) is 32.6 Å². The van der Waals surface area contributed by atoms with E-state index in [0.717, 1.165) is 18.8 Å². The smallest absolute Gasteiger partial charge is 0.323 e. The summed E-state index contributed by atoms with van der Waals surface area (Å²) in [5.74, 6) is 0.632. The van der Waals surface area contributed by atoms with Gasteiger partial charge in [-0.2, -0.15) is 0 Å². The van der Waals surface area contributed by atoms with Crippen LogP contribution in [0.4, 0.5) is 0 Å². The number of hydrogen-bond acceptors (Lipinski definition) is 2. The molecule has 0 heterocycles. The van der Waals surface area contributed by atoms with Crippen molar-refractivity contribution in [2.75, 3.05) is 13.1 Å². The van der Waals surface area contributed by atoms with Crippen molar-refractivity contribution in [3.63, 3.8) is 0 Å². The Hall–Kier alpha value is -1.06. The lowest BCUT2D eigenvalue weighted by molar-refractivity contribution is -0.145. The summed E-state index contributed by atoms with van der Waals surface area (Å²) < 4.78 is 0. The fourth-order valence-corrected chi connectivity index (χ4v) is 2.48. The molecule has 1 N–H and O–H groups in total. The molecule has 0 bridgehead atoms. The van der Waals surface area contributed by atoms with Gasteiger partial charge in [-0.25, -0.2) is 0 Å². The number of aliphatic carboxylic acids is 1. The van der Waals surface area contributed by atoms with E-state index < -0.39 is 5.97 Å². The lowest BCUT2D eigenvalue weighted by Crippen LogP contribution is -2.37. The Bertz CT molecular complexity index is 299. The van der Waals surface area contributed by atoms with E-state index in [2.05, 4.69) is 0 Å². The van der Waals surface area contributed by atoms with Crippen LogP contribution in [0.3, 0.4) is 0 Å². The molecular formula is C12H19NO3. The molecule has 0 unspecified atom stereocenters. The molecule has 2 aliphatic carbocycles. The fraction of sp³-hybridized carbons (Fsp3) is 0.833. The van der Waals surface area contributed by atoms with E-state index in [9.17, 15) is 9.59 Å². The zero-order chi connectivity index (χ0) is 11.7. The normalized spacial score (nSPS) is 27.6. The van der Waals surface area contributed by atoms with Crippen LogP contribution in [-0.2, 0) is 9.59 Å². The zero-order valence-electron chi connectivity index (χ0n) is 9.69. The van der Waals surface area contributed by atoms with E-state index >= 15 is 0 Å². The van der Waals surface area contributed by atoms with E-state index in [1.54, 1.807) is 0 Å². The van der Waals surface area contributed by atoms with Crippen molar-refractivity contribution in [2.24, 2.45) is 17.8 Å². The maximum atomic E-state index is 12.0. The molecule has 2 atom stereocenters. The van der Waals surface area contributed by atoms with Crippen LogP contribution < -0.4 is 0 Å². The second-order valence-corrected chi connectivity index (χ2v) is 5.00. The number of carbonyl (C=O) groups excluding carboxylic acids is 1. The SMILES string of the molecule is CCCN(CC(=O)O)C(=O)[C@H]1C[C@@H]1C1CC1. The molecule has 0 aromatic rings. The summed E-state index contributed by atoms with van der Waals surface area (Å²) >= 11 is 0. The highest BCUT2D eigenvalue weighted by Crippen LogP contribution is 2.54. The van der Waals surface area contributed by atoms with Crippen LogP contribution in [0.5, 0.6) is 0 Å². The van der Waals surface area contributed by atoms with Gasteiger partial charge in [-0.1, -0.05) is 6.92 Å². The summed E-state index contributed by atoms with van der Waals surface area (Å²) in [5.41, 5.74) is 0. The topological polar surface area (TPSA) is 57.6 Å². The molecule has 90 valence electrons. The fourth-order valence-electron chi connectivity index (χ4n) is 2.48. The molecule has 0 radical (unpaired) electrons. The molecule has 16 heavy (non-hydrogen) atoms. The second-order valence-electron chi connectivity index (χ2n) is 5.00. The van der Waals surface area contributed by atoms with E-state index in [1.165, 1.54) is 17.7 Å². The molecule has 0 saturated heterocycles. The van der Waals surface area contributed by atoms with Crippen molar-refractivity contribution < 1.29 is 14.7 Å². The number of carboxylic acids is 1. The summed E-state index contributed by atoms with van der Waals surface area (Å²) in [5, 5.41) is 8.76. The molecule has 1 amide bonds. The van der Waals surface area contributed by atoms with Gasteiger partial charge in [-0.15, -0.1) is 0 Å². The Morgan fingerprint density at radius 2 is 2.06 bits per heavy atom. The van der Waals surface area contributed by atoms with Gasteiger partial charge >= 0.3 is 5.97 Å². The highest BCUT2D eigenvalue weighted by atomic mass is 16.4. The van der Waals surface area contributed by atoms with E-state index in [0.29, 0.717) is 12.5 Å². The summed E-state index contributed by atoms with van der Waals surface area (Å²) in [6.07, 6.45) is 4.34. The average Bonchev–Trinajstić information content (AvgIpc) is 3.04. The van der Waals surface area contributed by atoms with Gasteiger partial charge in [0.05, 0.1) is 0 Å². The van der Waals surface area contributed by atoms with Gasteiger partial charge in [0.15, 0.2) is 0 Å². The Morgan fingerprint density at radius 3 is 2.56 bits per heavy atom. The lowest BCUT2D eigenvalue weighted by Gasteiger charge is -2.20. The predicted molar refractivity (Wildman–Crippen MR) is 58.8 cm³/mol. The minimum absolute atomic E-state index is 0.0705. The molecule has 4 nitrogen and oxygen atoms in total. The number of amides is 1. The molecule has 0 aliphatic heterocycles. The van der Waals surface area contributed by atoms with Crippen LogP contribution in [0.1, 0.15) is 32.6 Å². The van der Waals surface area contributed by atoms with Gasteiger partial charge in [0, 0.05) is 12.5 Å². The highest BCUT2D eigenvalue weighted by molar-refractivity contribution is 5.85. The number of carboxylic acid groups (broad SMARTS) is 1. The Kier molecular flexibility index (Phi) is 3.17. The van der Waals surface area contributed by atoms with Crippen molar-refractivity contribution in [3.05, 3.63) is 0 Å². The summed E-state index contributed by atoms with van der Waals surface area (Å²) in [7, 11) is 0. The standard InChI is InChI=1S/C12H19NO3/c1-2-5-13(7-11(14)15)12(16)10-6-9(10)8-3-4-8/h8-10H,2-7H2,1H3,(H,14,15)/t9-,10+/m1/s1. The van der Waals surface area contributed by atoms with Crippen LogP contribution in [0.25, 0.3) is 0 Å². The van der Waals surface area contributed by atoms with Gasteiger partial charge in [-0.05, 0) is 37.5 Å². The third-order valence-corrected chi connectivity index (χ3v) is 3.52. The van der Waals surface area contributed by atoms with Crippen LogP contribution in [0, 0.1) is 17.8 Å². The molecule has 0 spiro atoms. The first kappa shape index (κ1) is 11.4. The minimum atomic E-state index is -0.912. The number of nitrogens with zero attached hydrogens (tertiary/aromatic N) is 1. The van der Waals surface area contributed by atoms with Crippen molar-refractivity contribution in [1.82, 2.24) is 4.90 Å². The van der Waals surface area contributed by atoms with Crippen LogP contribution >= 0.6 is 0 Å². The second kappa shape index (κ2) is 4.44. The molecule has 2 fully saturated rings. The lowest BCUT2D eigenvalue weighted by atomic mass is 10.2. The molecule has 0 aromatic heterocycles. The molecular weight excluding hydrogens is 206 g/mol. The molecule has 2 aliphatic rings. The van der Waals surface area contributed by atoms with Crippen LogP contribution in [0.2, 0.25) is 0 Å². The molecule has 0 aromatic carbocycles. The Morgan fingerprint density at radius 1 is 1.38 bits per heavy atom. The third-order valence-electron chi connectivity index (χ3n) is 3.52. The van der Waals surface area contributed by atoms with Gasteiger partial charge < -0.3 is 10.0 Å². The van der Waals surface area contributed by atoms with Gasteiger partial charge in [0.2, 0.25) is 5.91 Å². The number of carbonyl (C=O) groups is 2. The summed E-state index contributed by atoms with van der Waals surface area (Å²) in [6.45, 7) is 2.40. The van der Waals surface area contributed by atoms with Crippen LogP contribution in [-0.4, -0.2) is 35.0 Å². The zero-order valence-corrected chi connectivity index (χ0v) is 9.69. The third kappa shape index (κ3) is 2.54.